The minimum absolute atomic E-state index is 0.183. The van der Waals surface area contributed by atoms with Gasteiger partial charge < -0.3 is 5.73 Å². The molecule has 3 nitrogen and oxygen atoms in total. The zero-order chi connectivity index (χ0) is 14.7. The molecule has 1 aromatic heterocycles. The Labute approximate surface area is 127 Å². The van der Waals surface area contributed by atoms with Crippen molar-refractivity contribution >= 4 is 10.9 Å². The highest BCUT2D eigenvalue weighted by atomic mass is 15.2. The zero-order valence-electron chi connectivity index (χ0n) is 12.9. The van der Waals surface area contributed by atoms with Gasteiger partial charge in [-0.05, 0) is 37.6 Å². The van der Waals surface area contributed by atoms with Gasteiger partial charge in [0.2, 0.25) is 0 Å². The lowest BCUT2D eigenvalue weighted by molar-refractivity contribution is 0.0762. The van der Waals surface area contributed by atoms with E-state index in [1.54, 1.807) is 0 Å². The van der Waals surface area contributed by atoms with Gasteiger partial charge in [0.05, 0.1) is 5.52 Å². The molecule has 0 spiro atoms. The minimum atomic E-state index is 0.183. The van der Waals surface area contributed by atoms with Crippen LogP contribution in [-0.4, -0.2) is 29.0 Å². The first-order valence-electron chi connectivity index (χ1n) is 7.99. The zero-order valence-corrected chi connectivity index (χ0v) is 12.9. The molecule has 1 saturated carbocycles. The number of fused-ring (bicyclic) bond motifs is 1. The third-order valence-corrected chi connectivity index (χ3v) is 5.12. The number of likely N-dealkylation sites (N-methyl/N-ethyl adjacent to an activating group) is 1. The molecule has 0 aliphatic heterocycles. The lowest BCUT2D eigenvalue weighted by atomic mass is 9.80. The maximum Gasteiger partial charge on any atom is 0.0705 e. The summed E-state index contributed by atoms with van der Waals surface area (Å²) in [6.07, 6.45) is 8.33. The average molecular weight is 283 g/mol. The van der Waals surface area contributed by atoms with Gasteiger partial charge in [-0.1, -0.05) is 37.5 Å². The summed E-state index contributed by atoms with van der Waals surface area (Å²) >= 11 is 0. The molecule has 1 aromatic carbocycles. The number of hydrogen-bond acceptors (Lipinski definition) is 3. The first kappa shape index (κ1) is 14.5. The van der Waals surface area contributed by atoms with E-state index in [2.05, 4.69) is 41.2 Å². The van der Waals surface area contributed by atoms with Crippen LogP contribution in [0.2, 0.25) is 0 Å². The van der Waals surface area contributed by atoms with Crippen LogP contribution in [0.5, 0.6) is 0 Å². The van der Waals surface area contributed by atoms with Gasteiger partial charge >= 0.3 is 0 Å². The van der Waals surface area contributed by atoms with Crippen LogP contribution in [0.15, 0.2) is 36.5 Å². The Balaban J connectivity index is 1.87. The lowest BCUT2D eigenvalue weighted by Gasteiger charge is -2.44. The molecule has 0 amide bonds. The molecule has 112 valence electrons. The van der Waals surface area contributed by atoms with Crippen molar-refractivity contribution in [3.8, 4) is 0 Å². The second-order valence-electron chi connectivity index (χ2n) is 6.33. The normalized spacial score (nSPS) is 18.2. The number of nitrogens with two attached hydrogens (primary N) is 1. The Morgan fingerprint density at radius 3 is 2.67 bits per heavy atom. The third kappa shape index (κ3) is 2.81. The summed E-state index contributed by atoms with van der Waals surface area (Å²) < 4.78 is 0. The molecule has 0 bridgehead atoms. The van der Waals surface area contributed by atoms with Crippen molar-refractivity contribution in [1.82, 2.24) is 9.88 Å². The molecular formula is C18H25N3. The van der Waals surface area contributed by atoms with Gasteiger partial charge in [-0.2, -0.15) is 0 Å². The first-order chi connectivity index (χ1) is 10.2. The number of benzene rings is 1. The van der Waals surface area contributed by atoms with Crippen LogP contribution in [0.4, 0.5) is 0 Å². The van der Waals surface area contributed by atoms with Crippen molar-refractivity contribution in [3.63, 3.8) is 0 Å². The Morgan fingerprint density at radius 1 is 1.14 bits per heavy atom. The molecule has 2 N–H and O–H groups in total. The summed E-state index contributed by atoms with van der Waals surface area (Å²) in [6, 6.07) is 10.5. The van der Waals surface area contributed by atoms with E-state index in [-0.39, 0.29) is 5.54 Å². The van der Waals surface area contributed by atoms with Gasteiger partial charge in [0.1, 0.15) is 0 Å². The molecule has 3 heteroatoms. The Bertz CT molecular complexity index is 597. The van der Waals surface area contributed by atoms with E-state index in [0.29, 0.717) is 0 Å². The summed E-state index contributed by atoms with van der Waals surface area (Å²) in [4.78, 5) is 6.94. The molecule has 1 aliphatic carbocycles. The summed E-state index contributed by atoms with van der Waals surface area (Å²) in [5.74, 6) is 0. The largest absolute Gasteiger partial charge is 0.329 e. The SMILES string of the molecule is CN(Cc1ccnc2ccccc12)C1(CN)CCCCC1. The molecule has 1 fully saturated rings. The van der Waals surface area contributed by atoms with Gasteiger partial charge in [-0.25, -0.2) is 0 Å². The summed E-state index contributed by atoms with van der Waals surface area (Å²) in [6.45, 7) is 1.70. The van der Waals surface area contributed by atoms with E-state index < -0.39 is 0 Å². The fourth-order valence-electron chi connectivity index (χ4n) is 3.67. The molecule has 1 heterocycles. The lowest BCUT2D eigenvalue weighted by Crippen LogP contribution is -2.52. The smallest absolute Gasteiger partial charge is 0.0705 e. The van der Waals surface area contributed by atoms with Gasteiger partial charge in [0, 0.05) is 30.2 Å². The van der Waals surface area contributed by atoms with E-state index in [1.165, 1.54) is 43.1 Å². The van der Waals surface area contributed by atoms with Crippen LogP contribution in [0.1, 0.15) is 37.7 Å². The Morgan fingerprint density at radius 2 is 1.90 bits per heavy atom. The highest BCUT2D eigenvalue weighted by Crippen LogP contribution is 2.33. The maximum atomic E-state index is 6.15. The van der Waals surface area contributed by atoms with Crippen LogP contribution >= 0.6 is 0 Å². The van der Waals surface area contributed by atoms with Crippen molar-refractivity contribution in [2.24, 2.45) is 5.73 Å². The molecule has 0 atom stereocenters. The second-order valence-corrected chi connectivity index (χ2v) is 6.33. The number of pyridine rings is 1. The summed E-state index contributed by atoms with van der Waals surface area (Å²) in [5, 5.41) is 1.26. The number of hydrogen-bond donors (Lipinski definition) is 1. The molecule has 1 aliphatic rings. The highest BCUT2D eigenvalue weighted by Gasteiger charge is 2.34. The maximum absolute atomic E-state index is 6.15. The topological polar surface area (TPSA) is 42.2 Å². The fourth-order valence-corrected chi connectivity index (χ4v) is 3.67. The van der Waals surface area contributed by atoms with Gasteiger partial charge in [0.15, 0.2) is 0 Å². The van der Waals surface area contributed by atoms with Crippen LogP contribution in [0.3, 0.4) is 0 Å². The van der Waals surface area contributed by atoms with Crippen LogP contribution in [0.25, 0.3) is 10.9 Å². The molecule has 3 rings (SSSR count). The van der Waals surface area contributed by atoms with Crippen molar-refractivity contribution < 1.29 is 0 Å². The molecule has 0 unspecified atom stereocenters. The second kappa shape index (κ2) is 6.12. The van der Waals surface area contributed by atoms with Crippen molar-refractivity contribution in [1.29, 1.82) is 0 Å². The molecular weight excluding hydrogens is 258 g/mol. The highest BCUT2D eigenvalue weighted by molar-refractivity contribution is 5.81. The standard InChI is InChI=1S/C18H25N3/c1-21(18(14-19)10-5-2-6-11-18)13-15-9-12-20-17-8-4-3-7-16(15)17/h3-4,7-9,12H,2,5-6,10-11,13-14,19H2,1H3. The number of nitrogens with zero attached hydrogens (tertiary/aromatic N) is 2. The van der Waals surface area contributed by atoms with Crippen molar-refractivity contribution in [2.75, 3.05) is 13.6 Å². The fraction of sp³-hybridized carbons (Fsp3) is 0.500. The van der Waals surface area contributed by atoms with E-state index in [9.17, 15) is 0 Å². The van der Waals surface area contributed by atoms with Crippen molar-refractivity contribution in [2.45, 2.75) is 44.2 Å². The monoisotopic (exact) mass is 283 g/mol. The summed E-state index contributed by atoms with van der Waals surface area (Å²) in [7, 11) is 2.23. The Kier molecular flexibility index (Phi) is 4.22. The predicted octanol–water partition coefficient (Wildman–Crippen LogP) is 3.33. The van der Waals surface area contributed by atoms with Crippen LogP contribution < -0.4 is 5.73 Å². The van der Waals surface area contributed by atoms with Gasteiger partial charge in [-0.3, -0.25) is 9.88 Å². The van der Waals surface area contributed by atoms with Gasteiger partial charge in [-0.15, -0.1) is 0 Å². The van der Waals surface area contributed by atoms with E-state index >= 15 is 0 Å². The quantitative estimate of drug-likeness (QED) is 0.936. The van der Waals surface area contributed by atoms with Crippen LogP contribution in [-0.2, 0) is 6.54 Å². The first-order valence-corrected chi connectivity index (χ1v) is 7.99. The van der Waals surface area contributed by atoms with Crippen LogP contribution in [0, 0.1) is 0 Å². The van der Waals surface area contributed by atoms with Gasteiger partial charge in [0.25, 0.3) is 0 Å². The third-order valence-electron chi connectivity index (χ3n) is 5.12. The number of para-hydroxylation sites is 1. The molecule has 2 aromatic rings. The summed E-state index contributed by atoms with van der Waals surface area (Å²) in [5.41, 5.74) is 8.76. The molecule has 0 saturated heterocycles. The van der Waals surface area contributed by atoms with Crippen molar-refractivity contribution in [3.05, 3.63) is 42.1 Å². The average Bonchev–Trinajstić information content (AvgIpc) is 2.56. The van der Waals surface area contributed by atoms with E-state index in [4.69, 9.17) is 5.73 Å². The number of aromatic nitrogens is 1. The minimum Gasteiger partial charge on any atom is -0.329 e. The van der Waals surface area contributed by atoms with E-state index in [1.807, 2.05) is 12.3 Å². The predicted molar refractivity (Wildman–Crippen MR) is 88.1 cm³/mol. The van der Waals surface area contributed by atoms with E-state index in [0.717, 1.165) is 18.6 Å². The Hall–Kier alpha value is -1.45. The number of rotatable bonds is 4. The molecule has 0 radical (unpaired) electrons. The molecule has 21 heavy (non-hydrogen) atoms.